The topological polar surface area (TPSA) is 32.3 Å². The monoisotopic (exact) mass is 263 g/mol. The molecule has 0 fully saturated rings. The highest BCUT2D eigenvalue weighted by Gasteiger charge is 2.23. The van der Waals surface area contributed by atoms with E-state index >= 15 is 0 Å². The van der Waals surface area contributed by atoms with Gasteiger partial charge in [-0.3, -0.25) is 0 Å². The molecule has 0 unspecified atom stereocenters. The van der Waals surface area contributed by atoms with Gasteiger partial charge in [-0.2, -0.15) is 0 Å². The fraction of sp³-hybridized carbons (Fsp3) is 0.231. The quantitative estimate of drug-likeness (QED) is 0.822. The second-order valence-electron chi connectivity index (χ2n) is 4.01. The van der Waals surface area contributed by atoms with Gasteiger partial charge in [0, 0.05) is 27.1 Å². The summed E-state index contributed by atoms with van der Waals surface area (Å²) in [6, 6.07) is 12.4. The lowest BCUT2D eigenvalue weighted by Gasteiger charge is -2.14. The van der Waals surface area contributed by atoms with E-state index in [4.69, 9.17) is 0 Å². The van der Waals surface area contributed by atoms with Crippen molar-refractivity contribution in [1.29, 1.82) is 0 Å². The maximum absolute atomic E-state index is 9.99. The first-order valence-corrected chi connectivity index (χ1v) is 7.32. The predicted molar refractivity (Wildman–Crippen MR) is 73.6 cm³/mol. The normalized spacial score (nSPS) is 23.6. The summed E-state index contributed by atoms with van der Waals surface area (Å²) in [5.74, 6) is 0. The first-order valence-electron chi connectivity index (χ1n) is 5.56. The Morgan fingerprint density at radius 2 is 2.06 bits per heavy atom. The predicted octanol–water partition coefficient (Wildman–Crippen LogP) is 3.72. The van der Waals surface area contributed by atoms with Crippen LogP contribution in [0.3, 0.4) is 0 Å². The Morgan fingerprint density at radius 1 is 1.18 bits per heavy atom. The van der Waals surface area contributed by atoms with Crippen molar-refractivity contribution in [3.63, 3.8) is 0 Å². The second kappa shape index (κ2) is 4.72. The van der Waals surface area contributed by atoms with Gasteiger partial charge in [-0.25, -0.2) is 0 Å². The molecule has 0 saturated carbocycles. The van der Waals surface area contributed by atoms with Crippen LogP contribution in [0.15, 0.2) is 46.7 Å². The Balaban J connectivity index is 1.95. The number of nitrogens with one attached hydrogen (secondary N) is 1. The first kappa shape index (κ1) is 11.1. The Morgan fingerprint density at radius 3 is 2.88 bits per heavy atom. The van der Waals surface area contributed by atoms with E-state index in [2.05, 4.69) is 28.9 Å². The third-order valence-corrected chi connectivity index (χ3v) is 5.25. The van der Waals surface area contributed by atoms with Gasteiger partial charge >= 0.3 is 0 Å². The average Bonchev–Trinajstić information content (AvgIpc) is 2.79. The highest BCUT2D eigenvalue weighted by atomic mass is 32.2. The van der Waals surface area contributed by atoms with Gasteiger partial charge < -0.3 is 10.4 Å². The molecule has 0 radical (unpaired) electrons. The molecule has 2 aromatic rings. The van der Waals surface area contributed by atoms with E-state index in [1.807, 2.05) is 30.0 Å². The van der Waals surface area contributed by atoms with Crippen LogP contribution in [-0.4, -0.2) is 11.3 Å². The van der Waals surface area contributed by atoms with Crippen LogP contribution in [0, 0.1) is 0 Å². The van der Waals surface area contributed by atoms with Crippen molar-refractivity contribution in [2.45, 2.75) is 22.8 Å². The molecule has 0 saturated heterocycles. The summed E-state index contributed by atoms with van der Waals surface area (Å²) in [4.78, 5) is 2.54. The van der Waals surface area contributed by atoms with E-state index in [9.17, 15) is 5.11 Å². The number of hydrogen-bond acceptors (Lipinski definition) is 4. The van der Waals surface area contributed by atoms with Crippen LogP contribution in [0.5, 0.6) is 0 Å². The van der Waals surface area contributed by atoms with Gasteiger partial charge in [0.25, 0.3) is 0 Å². The fourth-order valence-electron chi connectivity index (χ4n) is 1.98. The number of thiophene rings is 1. The number of anilines is 1. The summed E-state index contributed by atoms with van der Waals surface area (Å²) in [7, 11) is 0. The van der Waals surface area contributed by atoms with E-state index in [0.29, 0.717) is 5.25 Å². The molecule has 1 aromatic carbocycles. The van der Waals surface area contributed by atoms with Gasteiger partial charge in [0.05, 0.1) is 0 Å². The molecule has 1 aliphatic rings. The van der Waals surface area contributed by atoms with Crippen molar-refractivity contribution in [3.8, 4) is 0 Å². The molecule has 1 aromatic heterocycles. The summed E-state index contributed by atoms with van der Waals surface area (Å²) >= 11 is 3.58. The molecule has 17 heavy (non-hydrogen) atoms. The van der Waals surface area contributed by atoms with E-state index in [1.54, 1.807) is 11.3 Å². The van der Waals surface area contributed by atoms with Crippen molar-refractivity contribution in [2.75, 3.05) is 5.32 Å². The summed E-state index contributed by atoms with van der Waals surface area (Å²) in [6.45, 7) is 0. The van der Waals surface area contributed by atoms with Gasteiger partial charge in [0.2, 0.25) is 0 Å². The highest BCUT2D eigenvalue weighted by molar-refractivity contribution is 7.99. The van der Waals surface area contributed by atoms with E-state index in [0.717, 1.165) is 12.1 Å². The van der Waals surface area contributed by atoms with Crippen LogP contribution in [0.4, 0.5) is 5.69 Å². The van der Waals surface area contributed by atoms with Crippen molar-refractivity contribution in [3.05, 3.63) is 46.7 Å². The Kier molecular flexibility index (Phi) is 3.09. The lowest BCUT2D eigenvalue weighted by atomic mass is 10.2. The lowest BCUT2D eigenvalue weighted by Crippen LogP contribution is -2.18. The van der Waals surface area contributed by atoms with Crippen LogP contribution < -0.4 is 5.32 Å². The van der Waals surface area contributed by atoms with Crippen LogP contribution in [-0.2, 0) is 0 Å². The minimum atomic E-state index is -0.474. The molecule has 2 heterocycles. The molecule has 4 heteroatoms. The molecule has 0 bridgehead atoms. The third kappa shape index (κ3) is 2.34. The van der Waals surface area contributed by atoms with Gasteiger partial charge in [-0.05, 0) is 23.6 Å². The van der Waals surface area contributed by atoms with Crippen molar-refractivity contribution < 1.29 is 5.11 Å². The Labute approximate surface area is 109 Å². The third-order valence-electron chi connectivity index (χ3n) is 2.78. The number of benzene rings is 1. The number of fused-ring (bicyclic) bond motifs is 1. The molecule has 2 N–H and O–H groups in total. The maximum Gasteiger partial charge on any atom is 0.125 e. The van der Waals surface area contributed by atoms with Crippen molar-refractivity contribution >= 4 is 28.8 Å². The zero-order chi connectivity index (χ0) is 11.7. The number of para-hydroxylation sites is 1. The van der Waals surface area contributed by atoms with Crippen molar-refractivity contribution in [2.24, 2.45) is 0 Å². The first-order chi connectivity index (χ1) is 8.33. The molecule has 2 atom stereocenters. The number of thioether (sulfide) groups is 1. The fourth-order valence-corrected chi connectivity index (χ4v) is 4.20. The maximum atomic E-state index is 9.99. The molecule has 0 amide bonds. The SMILES string of the molecule is O[C@H]1C[C@@H](c2cccs2)Sc2ccccc2N1. The smallest absolute Gasteiger partial charge is 0.125 e. The molecule has 3 rings (SSSR count). The van der Waals surface area contributed by atoms with Crippen molar-refractivity contribution in [1.82, 2.24) is 0 Å². The molecule has 1 aliphatic heterocycles. The zero-order valence-electron chi connectivity index (χ0n) is 9.17. The van der Waals surface area contributed by atoms with E-state index < -0.39 is 6.23 Å². The molecule has 2 nitrogen and oxygen atoms in total. The van der Waals surface area contributed by atoms with Gasteiger partial charge in [0.1, 0.15) is 6.23 Å². The standard InChI is InChI=1S/C13H13NOS2/c15-13-8-12(11-6-3-7-16-11)17-10-5-2-1-4-9(10)14-13/h1-7,12-15H,8H2/t12-,13-/m0/s1. The Bertz CT molecular complexity index is 498. The molecule has 88 valence electrons. The number of hydrogen-bond donors (Lipinski definition) is 2. The summed E-state index contributed by atoms with van der Waals surface area (Å²) in [5.41, 5.74) is 1.03. The Hall–Kier alpha value is -0.970. The molecule has 0 aliphatic carbocycles. The van der Waals surface area contributed by atoms with E-state index in [1.165, 1.54) is 9.77 Å². The lowest BCUT2D eigenvalue weighted by molar-refractivity contribution is 0.193. The summed E-state index contributed by atoms with van der Waals surface area (Å²) in [6.07, 6.45) is 0.262. The van der Waals surface area contributed by atoms with Crippen LogP contribution in [0.2, 0.25) is 0 Å². The minimum absolute atomic E-state index is 0.334. The molecular weight excluding hydrogens is 250 g/mol. The second-order valence-corrected chi connectivity index (χ2v) is 6.24. The van der Waals surface area contributed by atoms with Crippen LogP contribution in [0.1, 0.15) is 16.5 Å². The van der Waals surface area contributed by atoms with E-state index in [-0.39, 0.29) is 0 Å². The van der Waals surface area contributed by atoms with Gasteiger partial charge in [-0.15, -0.1) is 23.1 Å². The average molecular weight is 263 g/mol. The summed E-state index contributed by atoms with van der Waals surface area (Å²) in [5, 5.41) is 15.6. The summed E-state index contributed by atoms with van der Waals surface area (Å²) < 4.78 is 0. The van der Waals surface area contributed by atoms with Gasteiger partial charge in [0.15, 0.2) is 0 Å². The van der Waals surface area contributed by atoms with Crippen LogP contribution >= 0.6 is 23.1 Å². The van der Waals surface area contributed by atoms with Gasteiger partial charge in [-0.1, -0.05) is 18.2 Å². The molecule has 0 spiro atoms. The molecular formula is C13H13NOS2. The largest absolute Gasteiger partial charge is 0.374 e. The highest BCUT2D eigenvalue weighted by Crippen LogP contribution is 2.45. The minimum Gasteiger partial charge on any atom is -0.374 e. The number of rotatable bonds is 1. The zero-order valence-corrected chi connectivity index (χ0v) is 10.8. The number of aliphatic hydroxyl groups excluding tert-OH is 1. The van der Waals surface area contributed by atoms with Crippen LogP contribution in [0.25, 0.3) is 0 Å². The number of aliphatic hydroxyl groups is 1.